The van der Waals surface area contributed by atoms with Gasteiger partial charge in [-0.3, -0.25) is 9.59 Å². The molecule has 1 aliphatic heterocycles. The second kappa shape index (κ2) is 6.66. The van der Waals surface area contributed by atoms with Crippen molar-refractivity contribution in [2.24, 2.45) is 0 Å². The average Bonchev–Trinajstić information content (AvgIpc) is 3.30. The zero-order valence-corrected chi connectivity index (χ0v) is 13.3. The molecule has 8 heteroatoms. The van der Waals surface area contributed by atoms with Gasteiger partial charge in [0, 0.05) is 19.5 Å². The maximum atomic E-state index is 12.3. The Morgan fingerprint density at radius 3 is 2.91 bits per heavy atom. The highest BCUT2D eigenvalue weighted by atomic mass is 16.5. The molecule has 1 saturated carbocycles. The Morgan fingerprint density at radius 2 is 2.17 bits per heavy atom. The van der Waals surface area contributed by atoms with Crippen molar-refractivity contribution in [1.29, 1.82) is 0 Å². The summed E-state index contributed by atoms with van der Waals surface area (Å²) in [4.78, 5) is 31.5. The van der Waals surface area contributed by atoms with E-state index in [0.717, 1.165) is 25.7 Å². The number of hydrogen-bond donors (Lipinski definition) is 1. The van der Waals surface area contributed by atoms with Gasteiger partial charge in [0.1, 0.15) is 6.10 Å². The number of carbonyl (C=O) groups excluding carboxylic acids is 2. The largest absolute Gasteiger partial charge is 0.383 e. The molecule has 1 N–H and O–H groups in total. The van der Waals surface area contributed by atoms with Crippen molar-refractivity contribution in [2.75, 3.05) is 20.1 Å². The number of nitrogens with zero attached hydrogens (tertiary/aromatic N) is 4. The van der Waals surface area contributed by atoms with E-state index in [1.54, 1.807) is 7.05 Å². The van der Waals surface area contributed by atoms with Crippen LogP contribution < -0.4 is 0 Å². The van der Waals surface area contributed by atoms with Gasteiger partial charge in [0.15, 0.2) is 5.82 Å². The molecule has 1 aromatic heterocycles. The summed E-state index contributed by atoms with van der Waals surface area (Å²) in [5.74, 6) is 0.940. The van der Waals surface area contributed by atoms with Gasteiger partial charge in [0.25, 0.3) is 5.91 Å². The smallest absolute Gasteiger partial charge is 0.251 e. The molecule has 1 unspecified atom stereocenters. The number of hydrogen-bond acceptors (Lipinski definition) is 6. The maximum absolute atomic E-state index is 12.3. The van der Waals surface area contributed by atoms with E-state index in [2.05, 4.69) is 10.1 Å². The molecule has 0 bridgehead atoms. The zero-order chi connectivity index (χ0) is 16.4. The molecular formula is C15H22N4O4. The lowest BCUT2D eigenvalue weighted by molar-refractivity contribution is -0.145. The molecule has 8 nitrogen and oxygen atoms in total. The molecule has 3 rings (SSSR count). The second-order valence-corrected chi connectivity index (χ2v) is 6.34. The molecule has 2 aliphatic rings. The molecule has 1 saturated heterocycles. The normalized spacial score (nSPS) is 22.1. The van der Waals surface area contributed by atoms with Crippen LogP contribution in [0, 0.1) is 0 Å². The van der Waals surface area contributed by atoms with Crippen molar-refractivity contribution in [3.63, 3.8) is 0 Å². The fourth-order valence-corrected chi connectivity index (χ4v) is 2.65. The Bertz CT molecular complexity index is 584. The summed E-state index contributed by atoms with van der Waals surface area (Å²) >= 11 is 0. The minimum atomic E-state index is -0.992. The highest BCUT2D eigenvalue weighted by Crippen LogP contribution is 2.38. The fourth-order valence-electron chi connectivity index (χ4n) is 2.65. The lowest BCUT2D eigenvalue weighted by Gasteiger charge is -2.24. The van der Waals surface area contributed by atoms with E-state index >= 15 is 0 Å². The van der Waals surface area contributed by atoms with Crippen molar-refractivity contribution in [3.8, 4) is 0 Å². The van der Waals surface area contributed by atoms with Crippen LogP contribution in [0.4, 0.5) is 0 Å². The van der Waals surface area contributed by atoms with Gasteiger partial charge in [0.2, 0.25) is 11.8 Å². The third-order valence-electron chi connectivity index (χ3n) is 4.29. The number of aromatic nitrogens is 2. The number of rotatable bonds is 5. The van der Waals surface area contributed by atoms with Gasteiger partial charge in [-0.15, -0.1) is 0 Å². The lowest BCUT2D eigenvalue weighted by Crippen LogP contribution is -2.44. The van der Waals surface area contributed by atoms with Crippen molar-refractivity contribution >= 4 is 11.8 Å². The number of likely N-dealkylation sites (N-methyl/N-ethyl adjacent to an activating group) is 1. The highest BCUT2D eigenvalue weighted by molar-refractivity contribution is 5.86. The first-order valence-electron chi connectivity index (χ1n) is 8.08. The molecule has 0 radical (unpaired) electrons. The number of amides is 2. The van der Waals surface area contributed by atoms with Gasteiger partial charge in [-0.25, -0.2) is 0 Å². The molecule has 2 heterocycles. The van der Waals surface area contributed by atoms with Crippen LogP contribution in [0.2, 0.25) is 0 Å². The summed E-state index contributed by atoms with van der Waals surface area (Å²) in [6, 6.07) is 0. The van der Waals surface area contributed by atoms with Gasteiger partial charge in [0.05, 0.1) is 13.1 Å². The summed E-state index contributed by atoms with van der Waals surface area (Å²) in [6.45, 7) is 0.725. The summed E-state index contributed by atoms with van der Waals surface area (Å²) in [5.41, 5.74) is 0. The Hall–Kier alpha value is -1.96. The van der Waals surface area contributed by atoms with E-state index in [1.165, 1.54) is 9.80 Å². The molecule has 0 spiro atoms. The Balaban J connectivity index is 1.54. The third kappa shape index (κ3) is 3.87. The van der Waals surface area contributed by atoms with Gasteiger partial charge in [-0.2, -0.15) is 4.98 Å². The van der Waals surface area contributed by atoms with E-state index in [4.69, 9.17) is 4.52 Å². The molecule has 1 aliphatic carbocycles. The van der Waals surface area contributed by atoms with Gasteiger partial charge in [-0.05, 0) is 32.1 Å². The van der Waals surface area contributed by atoms with Crippen LogP contribution in [-0.4, -0.2) is 63.1 Å². The van der Waals surface area contributed by atoms with Crippen molar-refractivity contribution in [3.05, 3.63) is 11.7 Å². The third-order valence-corrected chi connectivity index (χ3v) is 4.29. The quantitative estimate of drug-likeness (QED) is 0.836. The molecule has 1 atom stereocenters. The fraction of sp³-hybridized carbons (Fsp3) is 0.733. The number of likely N-dealkylation sites (tertiary alicyclic amines) is 1. The van der Waals surface area contributed by atoms with Crippen LogP contribution in [0.15, 0.2) is 4.52 Å². The monoisotopic (exact) mass is 322 g/mol. The van der Waals surface area contributed by atoms with Crippen LogP contribution in [0.25, 0.3) is 0 Å². The van der Waals surface area contributed by atoms with Crippen molar-refractivity contribution in [1.82, 2.24) is 19.9 Å². The van der Waals surface area contributed by atoms with E-state index in [1.807, 2.05) is 0 Å². The Labute approximate surface area is 134 Å². The van der Waals surface area contributed by atoms with Gasteiger partial charge in [-0.1, -0.05) is 5.16 Å². The number of carbonyl (C=O) groups is 2. The second-order valence-electron chi connectivity index (χ2n) is 6.34. The van der Waals surface area contributed by atoms with E-state index < -0.39 is 6.10 Å². The number of aliphatic hydroxyl groups excluding tert-OH is 1. The summed E-state index contributed by atoms with van der Waals surface area (Å²) in [5, 5.41) is 13.6. The SMILES string of the molecule is CN(Cc1noc(C2CC2)n1)C(=O)CN1CCCCC(O)C1=O. The van der Waals surface area contributed by atoms with Crippen molar-refractivity contribution in [2.45, 2.75) is 50.7 Å². The topological polar surface area (TPSA) is 99.8 Å². The molecule has 23 heavy (non-hydrogen) atoms. The maximum Gasteiger partial charge on any atom is 0.251 e. The van der Waals surface area contributed by atoms with E-state index in [0.29, 0.717) is 30.6 Å². The minimum absolute atomic E-state index is 0.0280. The van der Waals surface area contributed by atoms with Crippen LogP contribution in [0.1, 0.15) is 49.7 Å². The molecule has 1 aromatic rings. The minimum Gasteiger partial charge on any atom is -0.383 e. The molecule has 2 amide bonds. The molecule has 2 fully saturated rings. The molecule has 0 aromatic carbocycles. The van der Waals surface area contributed by atoms with E-state index in [-0.39, 0.29) is 24.9 Å². The summed E-state index contributed by atoms with van der Waals surface area (Å²) in [6.07, 6.45) is 3.22. The first-order valence-corrected chi connectivity index (χ1v) is 8.08. The summed E-state index contributed by atoms with van der Waals surface area (Å²) in [7, 11) is 1.65. The highest BCUT2D eigenvalue weighted by Gasteiger charge is 2.30. The van der Waals surface area contributed by atoms with Gasteiger partial charge >= 0.3 is 0 Å². The van der Waals surface area contributed by atoms with Gasteiger partial charge < -0.3 is 19.4 Å². The van der Waals surface area contributed by atoms with Crippen LogP contribution in [0.5, 0.6) is 0 Å². The number of aliphatic hydroxyl groups is 1. The average molecular weight is 322 g/mol. The summed E-state index contributed by atoms with van der Waals surface area (Å²) < 4.78 is 5.17. The van der Waals surface area contributed by atoms with Crippen LogP contribution >= 0.6 is 0 Å². The zero-order valence-electron chi connectivity index (χ0n) is 13.3. The Morgan fingerprint density at radius 1 is 1.39 bits per heavy atom. The molecular weight excluding hydrogens is 300 g/mol. The predicted molar refractivity (Wildman–Crippen MR) is 79.2 cm³/mol. The predicted octanol–water partition coefficient (Wildman–Crippen LogP) is 0.279. The van der Waals surface area contributed by atoms with Crippen molar-refractivity contribution < 1.29 is 19.2 Å². The van der Waals surface area contributed by atoms with E-state index in [9.17, 15) is 14.7 Å². The van der Waals surface area contributed by atoms with Crippen LogP contribution in [0.3, 0.4) is 0 Å². The van der Waals surface area contributed by atoms with Crippen LogP contribution in [-0.2, 0) is 16.1 Å². The molecule has 126 valence electrons. The first kappa shape index (κ1) is 15.9. The Kier molecular flexibility index (Phi) is 4.61. The first-order chi connectivity index (χ1) is 11.0. The standard InChI is InChI=1S/C15H22N4O4/c1-18(8-12-16-14(23-17-12)10-5-6-10)13(21)9-19-7-3-2-4-11(20)15(19)22/h10-11,20H,2-9H2,1H3. The lowest BCUT2D eigenvalue weighted by atomic mass is 10.2.